The monoisotopic (exact) mass is 681 g/mol. The van der Waals surface area contributed by atoms with E-state index in [1.54, 1.807) is 0 Å². The third-order valence-corrected chi connectivity index (χ3v) is 11.4. The lowest BCUT2D eigenvalue weighted by Gasteiger charge is -2.11. The van der Waals surface area contributed by atoms with Gasteiger partial charge in [0.15, 0.2) is 5.82 Å². The Morgan fingerprint density at radius 3 is 1.87 bits per heavy atom. The van der Waals surface area contributed by atoms with E-state index in [0.717, 1.165) is 77.6 Å². The molecule has 0 saturated carbocycles. The molecule has 0 aliphatic heterocycles. The van der Waals surface area contributed by atoms with Crippen LogP contribution in [0, 0.1) is 0 Å². The van der Waals surface area contributed by atoms with Gasteiger partial charge in [0.05, 0.1) is 22.6 Å². The molecule has 0 aliphatic carbocycles. The molecule has 0 unspecified atom stereocenters. The van der Waals surface area contributed by atoms with Gasteiger partial charge in [0, 0.05) is 69.4 Å². The normalized spacial score (nSPS) is 11.8. The zero-order valence-electron chi connectivity index (χ0n) is 27.7. The summed E-state index contributed by atoms with van der Waals surface area (Å²) in [6.07, 6.45) is 0. The summed E-state index contributed by atoms with van der Waals surface area (Å²) in [5.41, 5.74) is 9.62. The van der Waals surface area contributed by atoms with Crippen LogP contribution >= 0.6 is 11.3 Å². The van der Waals surface area contributed by atoms with Gasteiger partial charge in [-0.1, -0.05) is 140 Å². The Kier molecular flexibility index (Phi) is 6.39. The quantitative estimate of drug-likeness (QED) is 0.174. The van der Waals surface area contributed by atoms with Crippen LogP contribution in [0.5, 0.6) is 0 Å². The molecule has 7 aromatic carbocycles. The molecule has 4 nitrogen and oxygen atoms in total. The molecule has 0 N–H and O–H groups in total. The van der Waals surface area contributed by atoms with Gasteiger partial charge in [-0.05, 0) is 24.3 Å². The van der Waals surface area contributed by atoms with Crippen molar-refractivity contribution in [2.75, 3.05) is 0 Å². The Morgan fingerprint density at radius 2 is 1.02 bits per heavy atom. The molecule has 0 amide bonds. The number of hydrogen-bond donors (Lipinski definition) is 0. The fraction of sp³-hybridized carbons (Fsp3) is 0. The Bertz CT molecular complexity index is 3180. The van der Waals surface area contributed by atoms with Crippen molar-refractivity contribution in [3.63, 3.8) is 0 Å². The van der Waals surface area contributed by atoms with E-state index in [1.165, 1.54) is 25.6 Å². The maximum absolute atomic E-state index is 6.29. The average molecular weight is 682 g/mol. The number of rotatable bonds is 4. The van der Waals surface area contributed by atoms with Crippen LogP contribution in [-0.2, 0) is 0 Å². The molecule has 0 spiro atoms. The first-order valence-corrected chi connectivity index (χ1v) is 18.2. The summed E-state index contributed by atoms with van der Waals surface area (Å²) in [6, 6.07) is 57.0. The van der Waals surface area contributed by atoms with E-state index in [1.807, 2.05) is 53.8 Å². The number of nitrogens with zero attached hydrogens (tertiary/aromatic N) is 3. The zero-order chi connectivity index (χ0) is 34.2. The molecular weight excluding hydrogens is 655 g/mol. The van der Waals surface area contributed by atoms with Gasteiger partial charge in [-0.3, -0.25) is 0 Å². The first-order chi connectivity index (χ1) is 25.8. The fourth-order valence-corrected chi connectivity index (χ4v) is 9.12. The molecule has 0 bridgehead atoms. The number of aromatic nitrogens is 3. The summed E-state index contributed by atoms with van der Waals surface area (Å²) < 4.78 is 8.74. The molecule has 0 aliphatic rings. The van der Waals surface area contributed by atoms with Crippen LogP contribution in [-0.4, -0.2) is 15.0 Å². The van der Waals surface area contributed by atoms with Crippen molar-refractivity contribution >= 4 is 75.1 Å². The van der Waals surface area contributed by atoms with Gasteiger partial charge in [-0.15, -0.1) is 11.3 Å². The van der Waals surface area contributed by atoms with Gasteiger partial charge >= 0.3 is 0 Å². The predicted octanol–water partition coefficient (Wildman–Crippen LogP) is 13.1. The lowest BCUT2D eigenvalue weighted by atomic mass is 9.97. The number of furan rings is 1. The van der Waals surface area contributed by atoms with Crippen molar-refractivity contribution in [2.45, 2.75) is 0 Å². The Labute approximate surface area is 302 Å². The third-order valence-electron chi connectivity index (χ3n) is 10.1. The third kappa shape index (κ3) is 4.43. The second-order valence-electron chi connectivity index (χ2n) is 13.1. The smallest absolute Gasteiger partial charge is 0.160 e. The molecule has 5 heteroatoms. The van der Waals surface area contributed by atoms with Crippen LogP contribution in [0.25, 0.3) is 109 Å². The Hall–Kier alpha value is -6.69. The first-order valence-electron chi connectivity index (χ1n) is 17.4. The van der Waals surface area contributed by atoms with Crippen molar-refractivity contribution < 1.29 is 4.42 Å². The van der Waals surface area contributed by atoms with E-state index in [2.05, 4.69) is 121 Å². The van der Waals surface area contributed by atoms with Gasteiger partial charge < -0.3 is 4.42 Å². The van der Waals surface area contributed by atoms with E-state index in [-0.39, 0.29) is 0 Å². The van der Waals surface area contributed by atoms with Crippen LogP contribution in [0.15, 0.2) is 168 Å². The summed E-state index contributed by atoms with van der Waals surface area (Å²) in [7, 11) is 0. The average Bonchev–Trinajstić information content (AvgIpc) is 3.80. The number of pyridine rings is 1. The van der Waals surface area contributed by atoms with E-state index in [4.69, 9.17) is 19.4 Å². The van der Waals surface area contributed by atoms with Gasteiger partial charge in [-0.2, -0.15) is 0 Å². The van der Waals surface area contributed by atoms with E-state index in [0.29, 0.717) is 5.82 Å². The van der Waals surface area contributed by atoms with Crippen molar-refractivity contribution in [1.82, 2.24) is 15.0 Å². The SMILES string of the molecule is c1ccc(-c2nc(-c3cccc4c3sc3c4ccc4c(-c5ccccc5)nc5ccccc5c43)cc(-c3cccc4oc5ccccc5c34)n2)cc1. The maximum atomic E-state index is 6.29. The molecule has 4 aromatic heterocycles. The van der Waals surface area contributed by atoms with Crippen LogP contribution < -0.4 is 0 Å². The second-order valence-corrected chi connectivity index (χ2v) is 14.1. The lowest BCUT2D eigenvalue weighted by Crippen LogP contribution is -1.96. The standard InChI is InChI=1S/C47H27N3OS/c1-3-13-28(14-4-1)44-36-26-25-31-30-19-11-21-34(45(30)52-46(31)43(36)32-17-7-9-22-37(32)48-44)39-27-38(49-47(50-39)29-15-5-2-6-16-29)33-20-12-24-41-42(33)35-18-8-10-23-40(35)51-41/h1-27H. The van der Waals surface area contributed by atoms with Gasteiger partial charge in [0.25, 0.3) is 0 Å². The van der Waals surface area contributed by atoms with E-state index >= 15 is 0 Å². The summed E-state index contributed by atoms with van der Waals surface area (Å²) >= 11 is 1.84. The Balaban J connectivity index is 1.20. The topological polar surface area (TPSA) is 51.8 Å². The number of thiophene rings is 1. The molecule has 0 saturated heterocycles. The number of para-hydroxylation sites is 2. The molecule has 4 heterocycles. The van der Waals surface area contributed by atoms with Gasteiger partial charge in [-0.25, -0.2) is 15.0 Å². The first kappa shape index (κ1) is 29.1. The van der Waals surface area contributed by atoms with Crippen molar-refractivity contribution in [3.8, 4) is 45.2 Å². The fourth-order valence-electron chi connectivity index (χ4n) is 7.74. The van der Waals surface area contributed by atoms with Gasteiger partial charge in [0.1, 0.15) is 11.2 Å². The van der Waals surface area contributed by atoms with Crippen molar-refractivity contribution in [1.29, 1.82) is 0 Å². The van der Waals surface area contributed by atoms with Crippen molar-refractivity contribution in [3.05, 3.63) is 164 Å². The van der Waals surface area contributed by atoms with E-state index < -0.39 is 0 Å². The minimum atomic E-state index is 0.686. The van der Waals surface area contributed by atoms with Crippen LogP contribution in [0.1, 0.15) is 0 Å². The van der Waals surface area contributed by atoms with Crippen LogP contribution in [0.3, 0.4) is 0 Å². The molecule has 11 rings (SSSR count). The number of hydrogen-bond acceptors (Lipinski definition) is 5. The second kappa shape index (κ2) is 11.4. The molecule has 0 atom stereocenters. The highest BCUT2D eigenvalue weighted by atomic mass is 32.1. The summed E-state index contributed by atoms with van der Waals surface area (Å²) in [5.74, 6) is 0.686. The molecule has 0 radical (unpaired) electrons. The number of benzene rings is 7. The minimum Gasteiger partial charge on any atom is -0.456 e. The predicted molar refractivity (Wildman–Crippen MR) is 217 cm³/mol. The van der Waals surface area contributed by atoms with Crippen molar-refractivity contribution in [2.24, 2.45) is 0 Å². The highest BCUT2D eigenvalue weighted by Crippen LogP contribution is 2.46. The lowest BCUT2D eigenvalue weighted by molar-refractivity contribution is 0.669. The van der Waals surface area contributed by atoms with Crippen LogP contribution in [0.2, 0.25) is 0 Å². The molecule has 0 fully saturated rings. The number of fused-ring (bicyclic) bond motifs is 10. The largest absolute Gasteiger partial charge is 0.456 e. The molecule has 11 aromatic rings. The molecular formula is C47H27N3OS. The minimum absolute atomic E-state index is 0.686. The maximum Gasteiger partial charge on any atom is 0.160 e. The summed E-state index contributed by atoms with van der Waals surface area (Å²) in [6.45, 7) is 0. The molecule has 52 heavy (non-hydrogen) atoms. The van der Waals surface area contributed by atoms with Gasteiger partial charge in [0.2, 0.25) is 0 Å². The highest BCUT2D eigenvalue weighted by Gasteiger charge is 2.20. The Morgan fingerprint density at radius 1 is 0.404 bits per heavy atom. The summed E-state index contributed by atoms with van der Waals surface area (Å²) in [4.78, 5) is 15.7. The highest BCUT2D eigenvalue weighted by molar-refractivity contribution is 7.27. The van der Waals surface area contributed by atoms with Crippen LogP contribution in [0.4, 0.5) is 0 Å². The van der Waals surface area contributed by atoms with E-state index in [9.17, 15) is 0 Å². The summed E-state index contributed by atoms with van der Waals surface area (Å²) in [5, 5.41) is 8.13. The molecule has 242 valence electrons. The zero-order valence-corrected chi connectivity index (χ0v) is 28.6.